The molecule has 0 atom stereocenters. The molecule has 9 nitrogen and oxygen atoms in total. The van der Waals surface area contributed by atoms with Gasteiger partial charge in [-0.3, -0.25) is 24.8 Å². The Hall–Kier alpha value is -3.06. The average Bonchev–Trinajstić information content (AvgIpc) is 2.52. The number of nitrogens with zero attached hydrogens (tertiary/aromatic N) is 2. The van der Waals surface area contributed by atoms with Gasteiger partial charge in [0.15, 0.2) is 0 Å². The van der Waals surface area contributed by atoms with Crippen LogP contribution in [0.4, 0.5) is 24.5 Å². The van der Waals surface area contributed by atoms with Crippen LogP contribution in [0.5, 0.6) is 0 Å². The van der Waals surface area contributed by atoms with E-state index in [0.29, 0.717) is 18.2 Å². The van der Waals surface area contributed by atoms with Crippen molar-refractivity contribution in [2.45, 2.75) is 17.5 Å². The Balaban J connectivity index is 2.78. The number of hydrogen-bond donors (Lipinski definition) is 1. The summed E-state index contributed by atoms with van der Waals surface area (Å²) < 4.78 is 71.9. The number of nitro groups is 2. The largest absolute Gasteiger partial charge is 0.416 e. The summed E-state index contributed by atoms with van der Waals surface area (Å²) in [5.41, 5.74) is -4.49. The van der Waals surface area contributed by atoms with Gasteiger partial charge >= 0.3 is 6.18 Å². The third kappa shape index (κ3) is 4.38. The predicted molar refractivity (Wildman–Crippen MR) is 83.8 cm³/mol. The number of non-ortho nitro benzene ring substituents is 1. The van der Waals surface area contributed by atoms with Gasteiger partial charge < -0.3 is 0 Å². The van der Waals surface area contributed by atoms with Gasteiger partial charge in [-0.05, 0) is 17.7 Å². The van der Waals surface area contributed by atoms with Crippen LogP contribution in [0.15, 0.2) is 41.3 Å². The van der Waals surface area contributed by atoms with Gasteiger partial charge in [0.05, 0.1) is 20.3 Å². The van der Waals surface area contributed by atoms with E-state index in [1.165, 1.54) is 0 Å². The molecule has 0 heterocycles. The van der Waals surface area contributed by atoms with Gasteiger partial charge in [0, 0.05) is 30.2 Å². The second-order valence-electron chi connectivity index (χ2n) is 5.26. The molecule has 1 N–H and O–H groups in total. The normalized spacial score (nSPS) is 12.0. The van der Waals surface area contributed by atoms with Crippen LogP contribution in [0.1, 0.15) is 16.7 Å². The molecule has 2 aromatic rings. The molecular weight excluding hydrogens is 397 g/mol. The SMILES string of the molecule is O=[N+]([O-])c1ccc(S(=O)(=O)O)c(Cc2c([N+](=O)[O-])cccc2C(F)(F)F)c1. The molecule has 27 heavy (non-hydrogen) atoms. The standard InChI is InChI=1S/C14H9F3N2O7S/c15-14(16,17)11-2-1-3-12(19(22)23)10(11)7-8-6-9(18(20)21)4-5-13(8)27(24,25)26/h1-6H,7H2,(H,24,25,26). The first kappa shape index (κ1) is 20.3. The summed E-state index contributed by atoms with van der Waals surface area (Å²) in [5.74, 6) is 0. The van der Waals surface area contributed by atoms with Crippen molar-refractivity contribution in [3.63, 3.8) is 0 Å². The minimum Gasteiger partial charge on any atom is -0.282 e. The lowest BCUT2D eigenvalue weighted by atomic mass is 9.97. The van der Waals surface area contributed by atoms with E-state index in [2.05, 4.69) is 0 Å². The zero-order valence-corrected chi connectivity index (χ0v) is 13.8. The van der Waals surface area contributed by atoms with Gasteiger partial charge in [-0.15, -0.1) is 0 Å². The number of alkyl halides is 3. The monoisotopic (exact) mass is 406 g/mol. The highest BCUT2D eigenvalue weighted by molar-refractivity contribution is 7.85. The molecule has 0 amide bonds. The molecule has 0 saturated carbocycles. The summed E-state index contributed by atoms with van der Waals surface area (Å²) in [6.45, 7) is 0. The van der Waals surface area contributed by atoms with Crippen molar-refractivity contribution in [1.29, 1.82) is 0 Å². The minimum absolute atomic E-state index is 0.562. The van der Waals surface area contributed by atoms with Gasteiger partial charge in [-0.2, -0.15) is 21.6 Å². The van der Waals surface area contributed by atoms with Gasteiger partial charge in [0.25, 0.3) is 21.5 Å². The molecule has 0 bridgehead atoms. The molecule has 13 heteroatoms. The van der Waals surface area contributed by atoms with E-state index in [4.69, 9.17) is 0 Å². The molecule has 0 radical (unpaired) electrons. The summed E-state index contributed by atoms with van der Waals surface area (Å²) in [6, 6.07) is 4.17. The lowest BCUT2D eigenvalue weighted by Gasteiger charge is -2.14. The maximum absolute atomic E-state index is 13.2. The molecule has 0 unspecified atom stereocenters. The van der Waals surface area contributed by atoms with Crippen LogP contribution in [0.3, 0.4) is 0 Å². The Morgan fingerprint density at radius 1 is 1.04 bits per heavy atom. The topological polar surface area (TPSA) is 141 Å². The third-order valence-corrected chi connectivity index (χ3v) is 4.51. The van der Waals surface area contributed by atoms with Crippen LogP contribution >= 0.6 is 0 Å². The van der Waals surface area contributed by atoms with Crippen molar-refractivity contribution in [2.75, 3.05) is 0 Å². The highest BCUT2D eigenvalue weighted by atomic mass is 32.2. The van der Waals surface area contributed by atoms with Crippen LogP contribution in [0.2, 0.25) is 0 Å². The number of hydrogen-bond acceptors (Lipinski definition) is 6. The van der Waals surface area contributed by atoms with E-state index in [1.54, 1.807) is 0 Å². The van der Waals surface area contributed by atoms with Crippen LogP contribution in [-0.2, 0) is 22.7 Å². The summed E-state index contributed by atoms with van der Waals surface area (Å²) in [5, 5.41) is 22.0. The van der Waals surface area contributed by atoms with Gasteiger partial charge in [0.2, 0.25) is 0 Å². The average molecular weight is 406 g/mol. The van der Waals surface area contributed by atoms with E-state index in [9.17, 15) is 46.4 Å². The third-order valence-electron chi connectivity index (χ3n) is 3.55. The molecule has 0 aliphatic carbocycles. The van der Waals surface area contributed by atoms with E-state index < -0.39 is 65.5 Å². The first-order valence-electron chi connectivity index (χ1n) is 6.90. The molecule has 0 fully saturated rings. The summed E-state index contributed by atoms with van der Waals surface area (Å²) in [6.07, 6.45) is -5.98. The number of rotatable bonds is 5. The first-order valence-corrected chi connectivity index (χ1v) is 8.34. The Morgan fingerprint density at radius 3 is 2.15 bits per heavy atom. The summed E-state index contributed by atoms with van der Waals surface area (Å²) in [4.78, 5) is 19.1. The van der Waals surface area contributed by atoms with Crippen LogP contribution < -0.4 is 0 Å². The summed E-state index contributed by atoms with van der Waals surface area (Å²) >= 11 is 0. The maximum atomic E-state index is 13.2. The molecule has 0 saturated heterocycles. The number of nitro benzene ring substituents is 2. The molecule has 2 aromatic carbocycles. The van der Waals surface area contributed by atoms with Gasteiger partial charge in [-0.1, -0.05) is 6.07 Å². The van der Waals surface area contributed by atoms with E-state index in [1.807, 2.05) is 0 Å². The molecule has 0 spiro atoms. The molecule has 0 aliphatic rings. The Labute approximate surface area is 149 Å². The van der Waals surface area contributed by atoms with Gasteiger partial charge in [0.1, 0.15) is 0 Å². The van der Waals surface area contributed by atoms with Crippen LogP contribution in [0, 0.1) is 20.2 Å². The fourth-order valence-electron chi connectivity index (χ4n) is 2.46. The Kier molecular flexibility index (Phi) is 5.19. The lowest BCUT2D eigenvalue weighted by Crippen LogP contribution is -2.13. The van der Waals surface area contributed by atoms with E-state index >= 15 is 0 Å². The van der Waals surface area contributed by atoms with Crippen molar-refractivity contribution in [2.24, 2.45) is 0 Å². The Bertz CT molecular complexity index is 1040. The second kappa shape index (κ2) is 6.92. The van der Waals surface area contributed by atoms with Gasteiger partial charge in [-0.25, -0.2) is 0 Å². The number of halogens is 3. The lowest BCUT2D eigenvalue weighted by molar-refractivity contribution is -0.386. The van der Waals surface area contributed by atoms with Crippen LogP contribution in [-0.4, -0.2) is 22.8 Å². The molecule has 0 aromatic heterocycles. The zero-order chi connectivity index (χ0) is 20.6. The molecule has 144 valence electrons. The minimum atomic E-state index is -5.00. The van der Waals surface area contributed by atoms with Crippen molar-refractivity contribution in [3.8, 4) is 0 Å². The van der Waals surface area contributed by atoms with Crippen molar-refractivity contribution >= 4 is 21.5 Å². The van der Waals surface area contributed by atoms with Crippen LogP contribution in [0.25, 0.3) is 0 Å². The van der Waals surface area contributed by atoms with E-state index in [0.717, 1.165) is 18.2 Å². The zero-order valence-electron chi connectivity index (χ0n) is 13.0. The van der Waals surface area contributed by atoms with Crippen molar-refractivity contribution < 1.29 is 36.0 Å². The fourth-order valence-corrected chi connectivity index (χ4v) is 3.16. The van der Waals surface area contributed by atoms with Crippen molar-refractivity contribution in [3.05, 3.63) is 73.3 Å². The predicted octanol–water partition coefficient (Wildman–Crippen LogP) is 3.36. The number of benzene rings is 2. The molecule has 2 rings (SSSR count). The Morgan fingerprint density at radius 2 is 1.67 bits per heavy atom. The van der Waals surface area contributed by atoms with Crippen molar-refractivity contribution in [1.82, 2.24) is 0 Å². The smallest absolute Gasteiger partial charge is 0.282 e. The maximum Gasteiger partial charge on any atom is 0.416 e. The van der Waals surface area contributed by atoms with E-state index in [-0.39, 0.29) is 0 Å². The summed E-state index contributed by atoms with van der Waals surface area (Å²) in [7, 11) is -4.95. The fraction of sp³-hybridized carbons (Fsp3) is 0.143. The second-order valence-corrected chi connectivity index (χ2v) is 6.65. The quantitative estimate of drug-likeness (QED) is 0.456. The highest BCUT2D eigenvalue weighted by Gasteiger charge is 2.37. The molecule has 0 aliphatic heterocycles. The molecular formula is C14H9F3N2O7S. The first-order chi connectivity index (χ1) is 12.3. The highest BCUT2D eigenvalue weighted by Crippen LogP contribution is 2.38.